The Hall–Kier alpha value is -0.680. The summed E-state index contributed by atoms with van der Waals surface area (Å²) < 4.78 is 5.85. The molecule has 0 radical (unpaired) electrons. The molecule has 2 unspecified atom stereocenters. The molecule has 94 valence electrons. The summed E-state index contributed by atoms with van der Waals surface area (Å²) in [6.45, 7) is 0. The average molecular weight is 299 g/mol. The van der Waals surface area contributed by atoms with E-state index in [2.05, 4.69) is 0 Å². The average Bonchev–Trinajstić information content (AvgIpc) is 2.83. The molecule has 2 aromatic rings. The highest BCUT2D eigenvalue weighted by molar-refractivity contribution is 7.99. The molecule has 3 rings (SSSR count). The minimum atomic E-state index is -0.668. The van der Waals surface area contributed by atoms with Crippen molar-refractivity contribution in [3.63, 3.8) is 0 Å². The van der Waals surface area contributed by atoms with Gasteiger partial charge in [0.2, 0.25) is 0 Å². The zero-order valence-electron chi connectivity index (χ0n) is 9.38. The van der Waals surface area contributed by atoms with Crippen molar-refractivity contribution in [3.8, 4) is 5.75 Å². The molecular weight excluding hydrogens is 288 g/mol. The summed E-state index contributed by atoms with van der Waals surface area (Å²) in [5.74, 6) is 1.57. The minimum absolute atomic E-state index is 0.249. The van der Waals surface area contributed by atoms with Gasteiger partial charge in [0.15, 0.2) is 0 Å². The molecule has 1 aromatic heterocycles. The fourth-order valence-electron chi connectivity index (χ4n) is 1.88. The number of aliphatic hydroxyl groups is 1. The van der Waals surface area contributed by atoms with Gasteiger partial charge in [-0.25, -0.2) is 0 Å². The summed E-state index contributed by atoms with van der Waals surface area (Å²) >= 11 is 9.21. The van der Waals surface area contributed by atoms with Crippen molar-refractivity contribution < 1.29 is 9.84 Å². The van der Waals surface area contributed by atoms with E-state index >= 15 is 0 Å². The zero-order chi connectivity index (χ0) is 12.5. The topological polar surface area (TPSA) is 29.5 Å². The van der Waals surface area contributed by atoms with Gasteiger partial charge in [0.1, 0.15) is 18.0 Å². The van der Waals surface area contributed by atoms with Gasteiger partial charge in [-0.1, -0.05) is 23.7 Å². The lowest BCUT2D eigenvalue weighted by Crippen LogP contribution is -2.30. The van der Waals surface area contributed by atoms with E-state index in [1.165, 1.54) is 11.3 Å². The molecule has 0 fully saturated rings. The minimum Gasteiger partial charge on any atom is -0.485 e. The van der Waals surface area contributed by atoms with Crippen LogP contribution in [0.25, 0.3) is 0 Å². The number of aliphatic hydroxyl groups excluding tert-OH is 1. The maximum absolute atomic E-state index is 10.3. The van der Waals surface area contributed by atoms with Crippen LogP contribution in [0.4, 0.5) is 0 Å². The molecule has 1 aromatic carbocycles. The number of hydrogen-bond acceptors (Lipinski definition) is 4. The fraction of sp³-hybridized carbons (Fsp3) is 0.231. The first kappa shape index (κ1) is 12.4. The van der Waals surface area contributed by atoms with Crippen LogP contribution in [-0.4, -0.2) is 17.0 Å². The van der Waals surface area contributed by atoms with Crippen LogP contribution in [0, 0.1) is 0 Å². The molecule has 0 saturated carbocycles. The third-order valence-corrected chi connectivity index (χ3v) is 5.37. The van der Waals surface area contributed by atoms with Crippen LogP contribution in [-0.2, 0) is 0 Å². The number of hydrogen-bond donors (Lipinski definition) is 1. The first-order valence-corrected chi connectivity index (χ1v) is 7.79. The fourth-order valence-corrected chi connectivity index (χ4v) is 4.11. The van der Waals surface area contributed by atoms with E-state index in [-0.39, 0.29) is 6.10 Å². The smallest absolute Gasteiger partial charge is 0.139 e. The Labute approximate surface area is 119 Å². The molecule has 1 aliphatic rings. The molecule has 0 saturated heterocycles. The van der Waals surface area contributed by atoms with Gasteiger partial charge in [0.05, 0.1) is 9.90 Å². The quantitative estimate of drug-likeness (QED) is 0.909. The van der Waals surface area contributed by atoms with E-state index in [0.29, 0.717) is 5.02 Å². The van der Waals surface area contributed by atoms with Crippen molar-refractivity contribution in [1.29, 1.82) is 0 Å². The van der Waals surface area contributed by atoms with Crippen molar-refractivity contribution in [2.24, 2.45) is 0 Å². The highest BCUT2D eigenvalue weighted by Gasteiger charge is 2.29. The summed E-state index contributed by atoms with van der Waals surface area (Å²) in [7, 11) is 0. The molecule has 0 aliphatic carbocycles. The van der Waals surface area contributed by atoms with Crippen LogP contribution >= 0.6 is 34.7 Å². The highest BCUT2D eigenvalue weighted by atomic mass is 35.5. The third kappa shape index (κ3) is 2.26. The van der Waals surface area contributed by atoms with Crippen LogP contribution in [0.1, 0.15) is 11.0 Å². The Kier molecular flexibility index (Phi) is 3.52. The molecular formula is C13H11ClO2S2. The second kappa shape index (κ2) is 5.13. The number of para-hydroxylation sites is 1. The molecule has 2 heterocycles. The van der Waals surface area contributed by atoms with Crippen LogP contribution in [0.3, 0.4) is 0 Å². The van der Waals surface area contributed by atoms with Gasteiger partial charge in [0.25, 0.3) is 0 Å². The van der Waals surface area contributed by atoms with E-state index < -0.39 is 6.10 Å². The van der Waals surface area contributed by atoms with Gasteiger partial charge in [0, 0.05) is 10.6 Å². The van der Waals surface area contributed by atoms with Gasteiger partial charge in [-0.2, -0.15) is 0 Å². The first-order valence-electron chi connectivity index (χ1n) is 5.55. The van der Waals surface area contributed by atoms with Crippen LogP contribution in [0.2, 0.25) is 5.02 Å². The zero-order valence-corrected chi connectivity index (χ0v) is 11.8. The Morgan fingerprint density at radius 3 is 2.94 bits per heavy atom. The Morgan fingerprint density at radius 2 is 2.17 bits per heavy atom. The number of rotatable bonds is 2. The Bertz CT molecular complexity index is 555. The SMILES string of the molecule is OC(c1sccc1Cl)C1CSc2ccccc2O1. The molecule has 1 aliphatic heterocycles. The Morgan fingerprint density at radius 1 is 1.33 bits per heavy atom. The van der Waals surface area contributed by atoms with Crippen molar-refractivity contribution >= 4 is 34.7 Å². The number of ether oxygens (including phenoxy) is 1. The monoisotopic (exact) mass is 298 g/mol. The lowest BCUT2D eigenvalue weighted by atomic mass is 10.2. The molecule has 5 heteroatoms. The van der Waals surface area contributed by atoms with E-state index in [1.54, 1.807) is 17.8 Å². The second-order valence-corrected chi connectivity index (χ2v) is 6.41. The number of benzene rings is 1. The van der Waals surface area contributed by atoms with Gasteiger partial charge < -0.3 is 9.84 Å². The predicted octanol–water partition coefficient (Wildman–Crippen LogP) is 3.99. The molecule has 0 spiro atoms. The number of thioether (sulfide) groups is 1. The molecule has 2 nitrogen and oxygen atoms in total. The van der Waals surface area contributed by atoms with Crippen molar-refractivity contribution in [2.75, 3.05) is 5.75 Å². The summed E-state index contributed by atoms with van der Waals surface area (Å²) in [6.07, 6.45) is -0.917. The first-order chi connectivity index (χ1) is 8.75. The largest absolute Gasteiger partial charge is 0.485 e. The Balaban J connectivity index is 1.82. The van der Waals surface area contributed by atoms with Crippen molar-refractivity contribution in [3.05, 3.63) is 45.6 Å². The summed E-state index contributed by atoms with van der Waals surface area (Å²) in [5.41, 5.74) is 0. The number of thiophene rings is 1. The predicted molar refractivity (Wildman–Crippen MR) is 75.9 cm³/mol. The van der Waals surface area contributed by atoms with Gasteiger partial charge in [-0.05, 0) is 23.6 Å². The molecule has 0 bridgehead atoms. The van der Waals surface area contributed by atoms with Crippen molar-refractivity contribution in [1.82, 2.24) is 0 Å². The summed E-state index contributed by atoms with van der Waals surface area (Å²) in [5, 5.41) is 12.8. The van der Waals surface area contributed by atoms with E-state index in [9.17, 15) is 5.11 Å². The summed E-state index contributed by atoms with van der Waals surface area (Å²) in [6, 6.07) is 9.68. The maximum Gasteiger partial charge on any atom is 0.139 e. The van der Waals surface area contributed by atoms with E-state index in [4.69, 9.17) is 16.3 Å². The summed E-state index contributed by atoms with van der Waals surface area (Å²) in [4.78, 5) is 1.90. The van der Waals surface area contributed by atoms with Gasteiger partial charge in [-0.3, -0.25) is 0 Å². The normalized spacial score (nSPS) is 20.0. The van der Waals surface area contributed by atoms with Gasteiger partial charge >= 0.3 is 0 Å². The second-order valence-electron chi connectivity index (χ2n) is 3.99. The van der Waals surface area contributed by atoms with Crippen LogP contribution < -0.4 is 4.74 Å². The lowest BCUT2D eigenvalue weighted by Gasteiger charge is -2.28. The van der Waals surface area contributed by atoms with Crippen LogP contribution in [0.15, 0.2) is 40.6 Å². The molecule has 1 N–H and O–H groups in total. The maximum atomic E-state index is 10.3. The molecule has 0 amide bonds. The highest BCUT2D eigenvalue weighted by Crippen LogP contribution is 2.40. The third-order valence-electron chi connectivity index (χ3n) is 2.80. The van der Waals surface area contributed by atoms with Crippen molar-refractivity contribution in [2.45, 2.75) is 17.1 Å². The number of fused-ring (bicyclic) bond motifs is 1. The van der Waals surface area contributed by atoms with E-state index in [1.807, 2.05) is 29.6 Å². The molecule has 18 heavy (non-hydrogen) atoms. The standard InChI is InChI=1S/C13H11ClO2S2/c14-8-5-6-17-13(8)12(15)10-7-18-11-4-2-1-3-9(11)16-10/h1-6,10,12,15H,7H2. The van der Waals surface area contributed by atoms with Crippen LogP contribution in [0.5, 0.6) is 5.75 Å². The molecule has 2 atom stereocenters. The lowest BCUT2D eigenvalue weighted by molar-refractivity contribution is 0.0482. The van der Waals surface area contributed by atoms with Gasteiger partial charge in [-0.15, -0.1) is 23.1 Å². The van der Waals surface area contributed by atoms with E-state index in [0.717, 1.165) is 21.3 Å². The number of halogens is 1.